The second-order valence-corrected chi connectivity index (χ2v) is 5.06. The van der Waals surface area contributed by atoms with E-state index in [-0.39, 0.29) is 12.3 Å². The van der Waals surface area contributed by atoms with Crippen molar-refractivity contribution in [2.75, 3.05) is 11.9 Å². The Morgan fingerprint density at radius 1 is 1.38 bits per heavy atom. The summed E-state index contributed by atoms with van der Waals surface area (Å²) in [7, 11) is 0. The molecule has 1 N–H and O–H groups in total. The lowest BCUT2D eigenvalue weighted by atomic mass is 10.0. The van der Waals surface area contributed by atoms with Gasteiger partial charge in [0.25, 0.3) is 0 Å². The summed E-state index contributed by atoms with van der Waals surface area (Å²) in [5.41, 5.74) is 0.731. The van der Waals surface area contributed by atoms with Crippen molar-refractivity contribution in [2.24, 2.45) is 0 Å². The van der Waals surface area contributed by atoms with E-state index >= 15 is 0 Å². The summed E-state index contributed by atoms with van der Waals surface area (Å²) >= 11 is 0. The predicted molar refractivity (Wildman–Crippen MR) is 82.0 cm³/mol. The number of carbonyl (C=O) groups excluding carboxylic acids is 1. The van der Waals surface area contributed by atoms with Gasteiger partial charge in [-0.25, -0.2) is 4.79 Å². The number of carbonyl (C=O) groups is 1. The van der Waals surface area contributed by atoms with E-state index in [0.29, 0.717) is 11.2 Å². The first kappa shape index (κ1) is 14.8. The van der Waals surface area contributed by atoms with Crippen LogP contribution in [0.25, 0.3) is 10.9 Å². The van der Waals surface area contributed by atoms with Crippen molar-refractivity contribution >= 4 is 22.6 Å². The van der Waals surface area contributed by atoms with Crippen LogP contribution in [-0.2, 0) is 4.74 Å². The highest BCUT2D eigenvalue weighted by Gasteiger charge is 2.23. The summed E-state index contributed by atoms with van der Waals surface area (Å²) in [5.74, 6) is 2.12. The number of esters is 1. The Balaban J connectivity index is 2.63. The van der Waals surface area contributed by atoms with Gasteiger partial charge in [-0.1, -0.05) is 24.1 Å². The highest BCUT2D eigenvalue weighted by molar-refractivity contribution is 6.03. The van der Waals surface area contributed by atoms with E-state index in [1.165, 1.54) is 0 Å². The van der Waals surface area contributed by atoms with Gasteiger partial charge in [-0.15, -0.1) is 16.6 Å². The zero-order valence-corrected chi connectivity index (χ0v) is 12.3. The van der Waals surface area contributed by atoms with E-state index in [4.69, 9.17) is 11.2 Å². The van der Waals surface area contributed by atoms with Crippen molar-refractivity contribution in [1.82, 2.24) is 10.2 Å². The van der Waals surface area contributed by atoms with Gasteiger partial charge in [0.2, 0.25) is 0 Å². The van der Waals surface area contributed by atoms with Crippen LogP contribution >= 0.6 is 0 Å². The Morgan fingerprint density at radius 2 is 2.10 bits per heavy atom. The lowest BCUT2D eigenvalue weighted by Gasteiger charge is -2.23. The summed E-state index contributed by atoms with van der Waals surface area (Å²) in [5, 5.41) is 12.0. The Kier molecular flexibility index (Phi) is 4.08. The third kappa shape index (κ3) is 3.11. The molecule has 5 nitrogen and oxygen atoms in total. The molecule has 0 fully saturated rings. The molecule has 0 atom stereocenters. The minimum atomic E-state index is -0.632. The molecule has 0 spiro atoms. The van der Waals surface area contributed by atoms with Gasteiger partial charge in [0, 0.05) is 5.39 Å². The first-order chi connectivity index (χ1) is 9.98. The third-order valence-electron chi connectivity index (χ3n) is 2.94. The molecule has 1 aromatic carbocycles. The Labute approximate surface area is 123 Å². The van der Waals surface area contributed by atoms with Crippen LogP contribution in [0.2, 0.25) is 0 Å². The molecule has 0 unspecified atom stereocenters. The fourth-order valence-electron chi connectivity index (χ4n) is 1.87. The van der Waals surface area contributed by atoms with Crippen LogP contribution in [0.1, 0.15) is 31.3 Å². The fraction of sp³-hybridized carbons (Fsp3) is 0.312. The molecular formula is C16H17N3O2. The van der Waals surface area contributed by atoms with Gasteiger partial charge >= 0.3 is 5.97 Å². The third-order valence-corrected chi connectivity index (χ3v) is 2.94. The largest absolute Gasteiger partial charge is 0.461 e. The van der Waals surface area contributed by atoms with Crippen molar-refractivity contribution < 1.29 is 9.53 Å². The monoisotopic (exact) mass is 283 g/mol. The lowest BCUT2D eigenvalue weighted by molar-refractivity contribution is 0.0519. The number of benzene rings is 1. The predicted octanol–water partition coefficient (Wildman–Crippen LogP) is 2.63. The van der Waals surface area contributed by atoms with Gasteiger partial charge in [-0.05, 0) is 26.8 Å². The van der Waals surface area contributed by atoms with Crippen LogP contribution < -0.4 is 5.32 Å². The Morgan fingerprint density at radius 3 is 2.76 bits per heavy atom. The summed E-state index contributed by atoms with van der Waals surface area (Å²) in [6.07, 6.45) is 5.52. The van der Waals surface area contributed by atoms with Gasteiger partial charge < -0.3 is 10.1 Å². The van der Waals surface area contributed by atoms with Crippen LogP contribution in [0.3, 0.4) is 0 Å². The average molecular weight is 283 g/mol. The second-order valence-electron chi connectivity index (χ2n) is 5.06. The number of aromatic nitrogens is 2. The standard InChI is InChI=1S/C16H17N3O2/c1-5-16(3,4)17-13-11-9-7-8-10-12(11)18-19-14(13)15(20)21-6-2/h1,7-10H,6H2,2-4H3,(H,17,18). The zero-order chi connectivity index (χ0) is 15.5. The molecule has 1 aromatic heterocycles. The van der Waals surface area contributed by atoms with Crippen molar-refractivity contribution in [3.05, 3.63) is 30.0 Å². The smallest absolute Gasteiger partial charge is 0.361 e. The Bertz CT molecular complexity index is 717. The second kappa shape index (κ2) is 5.80. The van der Waals surface area contributed by atoms with Crippen LogP contribution in [0.4, 0.5) is 5.69 Å². The number of anilines is 1. The number of rotatable bonds is 4. The van der Waals surface area contributed by atoms with Gasteiger partial charge in [0.15, 0.2) is 5.69 Å². The quantitative estimate of drug-likeness (QED) is 0.690. The van der Waals surface area contributed by atoms with Gasteiger partial charge in [-0.3, -0.25) is 0 Å². The molecule has 21 heavy (non-hydrogen) atoms. The maximum absolute atomic E-state index is 12.1. The molecule has 108 valence electrons. The number of nitrogens with zero attached hydrogens (tertiary/aromatic N) is 2. The van der Waals surface area contributed by atoms with Gasteiger partial charge in [0.05, 0.1) is 23.3 Å². The minimum Gasteiger partial charge on any atom is -0.461 e. The van der Waals surface area contributed by atoms with Crippen LogP contribution in [0.5, 0.6) is 0 Å². The molecule has 5 heteroatoms. The van der Waals surface area contributed by atoms with Crippen molar-refractivity contribution in [3.8, 4) is 12.3 Å². The highest BCUT2D eigenvalue weighted by atomic mass is 16.5. The molecule has 0 saturated heterocycles. The first-order valence-corrected chi connectivity index (χ1v) is 6.67. The normalized spacial score (nSPS) is 11.0. The van der Waals surface area contributed by atoms with E-state index in [1.54, 1.807) is 6.92 Å². The van der Waals surface area contributed by atoms with Crippen molar-refractivity contribution in [2.45, 2.75) is 26.3 Å². The summed E-state index contributed by atoms with van der Waals surface area (Å²) in [6, 6.07) is 7.41. The van der Waals surface area contributed by atoms with E-state index < -0.39 is 11.5 Å². The van der Waals surface area contributed by atoms with E-state index in [1.807, 2.05) is 38.1 Å². The Hall–Kier alpha value is -2.61. The molecule has 0 bridgehead atoms. The van der Waals surface area contributed by atoms with Crippen LogP contribution in [0, 0.1) is 12.3 Å². The maximum Gasteiger partial charge on any atom is 0.361 e. The number of nitrogens with one attached hydrogen (secondary N) is 1. The highest BCUT2D eigenvalue weighted by Crippen LogP contribution is 2.27. The first-order valence-electron chi connectivity index (χ1n) is 6.67. The molecule has 2 rings (SSSR count). The van der Waals surface area contributed by atoms with Gasteiger partial charge in [-0.2, -0.15) is 0 Å². The average Bonchev–Trinajstić information content (AvgIpc) is 2.47. The van der Waals surface area contributed by atoms with Gasteiger partial charge in [0.1, 0.15) is 0 Å². The number of fused-ring (bicyclic) bond motifs is 1. The van der Waals surface area contributed by atoms with Crippen LogP contribution in [0.15, 0.2) is 24.3 Å². The fourth-order valence-corrected chi connectivity index (χ4v) is 1.87. The molecule has 0 aliphatic heterocycles. The molecule has 2 aromatic rings. The maximum atomic E-state index is 12.1. The molecule has 1 heterocycles. The number of hydrogen-bond donors (Lipinski definition) is 1. The minimum absolute atomic E-state index is 0.138. The molecule has 0 aliphatic rings. The molecule has 0 saturated carbocycles. The molecule has 0 amide bonds. The van der Waals surface area contributed by atoms with Crippen molar-refractivity contribution in [3.63, 3.8) is 0 Å². The molecule has 0 radical (unpaired) electrons. The summed E-state index contributed by atoms with van der Waals surface area (Å²) < 4.78 is 5.03. The summed E-state index contributed by atoms with van der Waals surface area (Å²) in [4.78, 5) is 12.1. The van der Waals surface area contributed by atoms with Crippen LogP contribution in [-0.4, -0.2) is 28.3 Å². The SMILES string of the molecule is C#CC(C)(C)Nc1c(C(=O)OCC)nnc2ccccc12. The molecule has 0 aliphatic carbocycles. The van der Waals surface area contributed by atoms with E-state index in [2.05, 4.69) is 21.4 Å². The number of terminal acetylenes is 1. The number of hydrogen-bond acceptors (Lipinski definition) is 5. The molecular weight excluding hydrogens is 266 g/mol. The van der Waals surface area contributed by atoms with Crippen molar-refractivity contribution in [1.29, 1.82) is 0 Å². The number of ether oxygens (including phenoxy) is 1. The van der Waals surface area contributed by atoms with E-state index in [9.17, 15) is 4.79 Å². The summed E-state index contributed by atoms with van der Waals surface area (Å²) in [6.45, 7) is 5.70. The zero-order valence-electron chi connectivity index (χ0n) is 12.3. The van der Waals surface area contributed by atoms with E-state index in [0.717, 1.165) is 5.39 Å². The topological polar surface area (TPSA) is 64.1 Å². The lowest BCUT2D eigenvalue weighted by Crippen LogP contribution is -2.30.